The third-order valence-electron chi connectivity index (χ3n) is 4.14. The highest BCUT2D eigenvalue weighted by Gasteiger charge is 2.12. The molecule has 0 fully saturated rings. The molecule has 1 amide bonds. The average Bonchev–Trinajstić information content (AvgIpc) is 3.01. The number of carbonyl (C=O) groups is 1. The molecular formula is C19H20N2O4S3. The smallest absolute Gasteiger partial charge is 0.279 e. The van der Waals surface area contributed by atoms with E-state index in [0.717, 1.165) is 34.5 Å². The molecule has 0 radical (unpaired) electrons. The van der Waals surface area contributed by atoms with E-state index in [4.69, 9.17) is 4.74 Å². The van der Waals surface area contributed by atoms with Crippen LogP contribution >= 0.6 is 23.1 Å². The molecule has 28 heavy (non-hydrogen) atoms. The highest BCUT2D eigenvalue weighted by molar-refractivity contribution is 7.98. The number of aryl methyl sites for hydroxylation is 1. The van der Waals surface area contributed by atoms with E-state index < -0.39 is 15.7 Å². The van der Waals surface area contributed by atoms with Gasteiger partial charge in [0.2, 0.25) is 0 Å². The van der Waals surface area contributed by atoms with Crippen LogP contribution in [0.5, 0.6) is 5.75 Å². The maximum absolute atomic E-state index is 12.6. The van der Waals surface area contributed by atoms with Crippen molar-refractivity contribution in [2.24, 2.45) is 4.99 Å². The highest BCUT2D eigenvalue weighted by Crippen LogP contribution is 2.23. The zero-order valence-corrected chi connectivity index (χ0v) is 18.2. The first-order chi connectivity index (χ1) is 13.3. The third kappa shape index (κ3) is 4.48. The van der Waals surface area contributed by atoms with Crippen LogP contribution in [0.2, 0.25) is 0 Å². The summed E-state index contributed by atoms with van der Waals surface area (Å²) < 4.78 is 31.5. The quantitative estimate of drug-likeness (QED) is 0.593. The number of carbonyl (C=O) groups excluding carboxylic acids is 1. The van der Waals surface area contributed by atoms with Gasteiger partial charge in [-0.05, 0) is 48.7 Å². The van der Waals surface area contributed by atoms with Gasteiger partial charge in [-0.15, -0.1) is 0 Å². The molecule has 0 aliphatic heterocycles. The Labute approximate surface area is 171 Å². The lowest BCUT2D eigenvalue weighted by Crippen LogP contribution is -2.18. The minimum Gasteiger partial charge on any atom is -0.497 e. The normalized spacial score (nSPS) is 12.5. The molecule has 1 heterocycles. The maximum atomic E-state index is 12.6. The summed E-state index contributed by atoms with van der Waals surface area (Å²) in [6, 6.07) is 11.6. The number of aromatic nitrogens is 1. The van der Waals surface area contributed by atoms with Gasteiger partial charge in [0, 0.05) is 24.1 Å². The third-order valence-corrected chi connectivity index (χ3v) is 6.90. The number of rotatable bonds is 6. The number of fused-ring (bicyclic) bond motifs is 1. The number of methoxy groups -OCH3 is 1. The van der Waals surface area contributed by atoms with E-state index in [1.807, 2.05) is 29.0 Å². The number of ether oxygens (including phenoxy) is 1. The van der Waals surface area contributed by atoms with Crippen molar-refractivity contribution in [1.29, 1.82) is 0 Å². The average molecular weight is 437 g/mol. The minimum absolute atomic E-state index is 0.174. The Hall–Kier alpha value is -2.10. The van der Waals surface area contributed by atoms with E-state index in [9.17, 15) is 13.2 Å². The summed E-state index contributed by atoms with van der Waals surface area (Å²) in [6.45, 7) is 0.729. The molecule has 0 atom stereocenters. The molecule has 0 spiro atoms. The standard InChI is InChI=1S/C19H20N2O4S3/c1-25-14-6-9-16-17(12-14)27-19(21(16)10-11-26-2)20-18(22)13-4-7-15(8-5-13)28(3,23)24/h4-9,12H,10-11H2,1-3H3. The van der Waals surface area contributed by atoms with E-state index in [1.165, 1.54) is 35.6 Å². The summed E-state index contributed by atoms with van der Waals surface area (Å²) in [4.78, 5) is 17.7. The molecule has 0 aliphatic carbocycles. The fraction of sp³-hybridized carbons (Fsp3) is 0.263. The monoisotopic (exact) mass is 436 g/mol. The van der Waals surface area contributed by atoms with Crippen molar-refractivity contribution in [3.05, 3.63) is 52.8 Å². The zero-order valence-electron chi connectivity index (χ0n) is 15.7. The maximum Gasteiger partial charge on any atom is 0.279 e. The molecule has 9 heteroatoms. The molecular weight excluding hydrogens is 416 g/mol. The largest absolute Gasteiger partial charge is 0.497 e. The van der Waals surface area contributed by atoms with E-state index in [0.29, 0.717) is 10.4 Å². The fourth-order valence-electron chi connectivity index (χ4n) is 2.66. The summed E-state index contributed by atoms with van der Waals surface area (Å²) in [7, 11) is -1.69. The van der Waals surface area contributed by atoms with Crippen LogP contribution in [0.4, 0.5) is 0 Å². The van der Waals surface area contributed by atoms with Crippen LogP contribution in [-0.2, 0) is 16.4 Å². The van der Waals surface area contributed by atoms with Gasteiger partial charge in [0.1, 0.15) is 5.75 Å². The fourth-order valence-corrected chi connectivity index (χ4v) is 4.74. The molecule has 1 aromatic heterocycles. The Morgan fingerprint density at radius 3 is 2.54 bits per heavy atom. The molecule has 3 rings (SSSR count). The van der Waals surface area contributed by atoms with Crippen LogP contribution in [0.1, 0.15) is 10.4 Å². The molecule has 3 aromatic rings. The van der Waals surface area contributed by atoms with Gasteiger partial charge in [-0.25, -0.2) is 8.42 Å². The van der Waals surface area contributed by atoms with Gasteiger partial charge in [0.05, 0.1) is 22.2 Å². The second-order valence-electron chi connectivity index (χ2n) is 6.08. The minimum atomic E-state index is -3.30. The first kappa shape index (κ1) is 20.6. The lowest BCUT2D eigenvalue weighted by atomic mass is 10.2. The lowest BCUT2D eigenvalue weighted by Gasteiger charge is -2.04. The predicted molar refractivity (Wildman–Crippen MR) is 114 cm³/mol. The Morgan fingerprint density at radius 1 is 1.21 bits per heavy atom. The molecule has 0 bridgehead atoms. The van der Waals surface area contributed by atoms with Crippen LogP contribution < -0.4 is 9.54 Å². The van der Waals surface area contributed by atoms with E-state index >= 15 is 0 Å². The number of amides is 1. The lowest BCUT2D eigenvalue weighted by molar-refractivity contribution is 0.0997. The summed E-state index contributed by atoms with van der Waals surface area (Å²) in [5.74, 6) is 1.24. The van der Waals surface area contributed by atoms with E-state index in [-0.39, 0.29) is 4.90 Å². The number of hydrogen-bond acceptors (Lipinski definition) is 6. The molecule has 0 unspecified atom stereocenters. The number of hydrogen-bond donors (Lipinski definition) is 0. The van der Waals surface area contributed by atoms with Crippen molar-refractivity contribution >= 4 is 49.1 Å². The summed E-state index contributed by atoms with van der Waals surface area (Å²) in [5.41, 5.74) is 1.35. The first-order valence-electron chi connectivity index (χ1n) is 8.39. The van der Waals surface area contributed by atoms with Gasteiger partial charge in [-0.2, -0.15) is 16.8 Å². The van der Waals surface area contributed by atoms with Gasteiger partial charge >= 0.3 is 0 Å². The first-order valence-corrected chi connectivity index (χ1v) is 12.5. The molecule has 0 aliphatic rings. The second-order valence-corrected chi connectivity index (χ2v) is 10.1. The Morgan fingerprint density at radius 2 is 1.93 bits per heavy atom. The number of benzene rings is 2. The number of thiazole rings is 1. The Kier molecular flexibility index (Phi) is 6.26. The summed E-state index contributed by atoms with van der Waals surface area (Å²) in [5, 5.41) is 0. The van der Waals surface area contributed by atoms with Crippen molar-refractivity contribution in [1.82, 2.24) is 4.57 Å². The Bertz CT molecular complexity index is 1180. The van der Waals surface area contributed by atoms with Crippen molar-refractivity contribution < 1.29 is 17.9 Å². The molecule has 0 N–H and O–H groups in total. The predicted octanol–water partition coefficient (Wildman–Crippen LogP) is 3.22. The number of thioether (sulfide) groups is 1. The number of sulfone groups is 1. The van der Waals surface area contributed by atoms with Crippen molar-refractivity contribution in [3.8, 4) is 5.75 Å². The van der Waals surface area contributed by atoms with Crippen molar-refractivity contribution in [2.75, 3.05) is 25.4 Å². The van der Waals surface area contributed by atoms with Gasteiger partial charge in [0.25, 0.3) is 5.91 Å². The topological polar surface area (TPSA) is 77.7 Å². The Balaban J connectivity index is 2.05. The van der Waals surface area contributed by atoms with Gasteiger partial charge in [0.15, 0.2) is 14.6 Å². The highest BCUT2D eigenvalue weighted by atomic mass is 32.2. The van der Waals surface area contributed by atoms with Crippen LogP contribution in [0.15, 0.2) is 52.4 Å². The summed E-state index contributed by atoms with van der Waals surface area (Å²) in [6.07, 6.45) is 3.16. The number of nitrogens with zero attached hydrogens (tertiary/aromatic N) is 2. The second kappa shape index (κ2) is 8.50. The summed E-state index contributed by atoms with van der Waals surface area (Å²) >= 11 is 3.14. The van der Waals surface area contributed by atoms with E-state index in [2.05, 4.69) is 4.99 Å². The zero-order chi connectivity index (χ0) is 20.3. The van der Waals surface area contributed by atoms with E-state index in [1.54, 1.807) is 18.9 Å². The molecule has 6 nitrogen and oxygen atoms in total. The van der Waals surface area contributed by atoms with Crippen LogP contribution in [0.3, 0.4) is 0 Å². The molecule has 0 saturated carbocycles. The van der Waals surface area contributed by atoms with Crippen LogP contribution in [-0.4, -0.2) is 44.3 Å². The van der Waals surface area contributed by atoms with Crippen molar-refractivity contribution in [2.45, 2.75) is 11.4 Å². The van der Waals surface area contributed by atoms with Gasteiger partial charge < -0.3 is 9.30 Å². The molecule has 0 saturated heterocycles. The van der Waals surface area contributed by atoms with Gasteiger partial charge in [-0.3, -0.25) is 4.79 Å². The van der Waals surface area contributed by atoms with Crippen LogP contribution in [0, 0.1) is 0 Å². The van der Waals surface area contributed by atoms with Crippen molar-refractivity contribution in [3.63, 3.8) is 0 Å². The van der Waals surface area contributed by atoms with Gasteiger partial charge in [-0.1, -0.05) is 11.3 Å². The SMILES string of the molecule is COc1ccc2c(c1)sc(=NC(=O)c1ccc(S(C)(=O)=O)cc1)n2CCSC. The van der Waals surface area contributed by atoms with Crippen LogP contribution in [0.25, 0.3) is 10.2 Å². The molecule has 148 valence electrons. The molecule has 2 aromatic carbocycles.